The van der Waals surface area contributed by atoms with Crippen LogP contribution in [0, 0.1) is 0 Å². The molecule has 1 rings (SSSR count). The van der Waals surface area contributed by atoms with Gasteiger partial charge in [-0.05, 0) is 13.3 Å². The van der Waals surface area contributed by atoms with E-state index in [-0.39, 0.29) is 12.6 Å². The van der Waals surface area contributed by atoms with Crippen LogP contribution < -0.4 is 0 Å². The van der Waals surface area contributed by atoms with Crippen LogP contribution in [0.4, 0.5) is 0 Å². The summed E-state index contributed by atoms with van der Waals surface area (Å²) in [6.45, 7) is 3.86. The van der Waals surface area contributed by atoms with Gasteiger partial charge in [-0.1, -0.05) is 18.6 Å². The second-order valence-corrected chi connectivity index (χ2v) is 3.27. The Kier molecular flexibility index (Phi) is 3.76. The molecule has 14 heavy (non-hydrogen) atoms. The highest BCUT2D eigenvalue weighted by Crippen LogP contribution is 2.12. The number of aliphatic hydroxyl groups excluding tert-OH is 1. The smallest absolute Gasteiger partial charge is 0.172 e. The fourth-order valence-electron chi connectivity index (χ4n) is 1.33. The molecule has 0 aliphatic carbocycles. The van der Waals surface area contributed by atoms with Crippen LogP contribution in [0.3, 0.4) is 0 Å². The Bertz CT molecular complexity index is 309. The molecule has 1 N–H and O–H groups in total. The molecule has 0 saturated carbocycles. The van der Waals surface area contributed by atoms with Crippen molar-refractivity contribution in [1.29, 1.82) is 0 Å². The van der Waals surface area contributed by atoms with Gasteiger partial charge in [0.1, 0.15) is 5.69 Å². The molecular weight excluding hydrogens is 182 g/mol. The third-order valence-electron chi connectivity index (χ3n) is 2.10. The molecule has 5 nitrogen and oxygen atoms in total. The van der Waals surface area contributed by atoms with Crippen LogP contribution in [-0.4, -0.2) is 33.0 Å². The predicted molar refractivity (Wildman–Crippen MR) is 51.2 cm³/mol. The Morgan fingerprint density at radius 3 is 2.86 bits per heavy atom. The van der Waals surface area contributed by atoms with Gasteiger partial charge in [0, 0.05) is 0 Å². The van der Waals surface area contributed by atoms with Crippen LogP contribution in [-0.2, 0) is 6.42 Å². The number of carbonyl (C=O) groups excluding carboxylic acids is 1. The maximum absolute atomic E-state index is 10.6. The average Bonchev–Trinajstić information content (AvgIpc) is 2.60. The van der Waals surface area contributed by atoms with Gasteiger partial charge in [-0.3, -0.25) is 4.79 Å². The van der Waals surface area contributed by atoms with Crippen LogP contribution in [0.5, 0.6) is 0 Å². The van der Waals surface area contributed by atoms with Gasteiger partial charge in [0.2, 0.25) is 0 Å². The van der Waals surface area contributed by atoms with Crippen molar-refractivity contribution in [1.82, 2.24) is 15.0 Å². The van der Waals surface area contributed by atoms with Gasteiger partial charge in [-0.15, -0.1) is 5.10 Å². The third kappa shape index (κ3) is 1.98. The maximum Gasteiger partial charge on any atom is 0.172 e. The minimum atomic E-state index is -0.127. The number of rotatable bonds is 5. The minimum Gasteiger partial charge on any atom is -0.394 e. The quantitative estimate of drug-likeness (QED) is 0.702. The lowest BCUT2D eigenvalue weighted by Crippen LogP contribution is -2.14. The van der Waals surface area contributed by atoms with Crippen LogP contribution in [0.15, 0.2) is 0 Å². The molecule has 1 aromatic rings. The van der Waals surface area contributed by atoms with Crippen molar-refractivity contribution in [3.8, 4) is 0 Å². The summed E-state index contributed by atoms with van der Waals surface area (Å²) in [5.41, 5.74) is 1.19. The molecule has 1 aromatic heterocycles. The highest BCUT2D eigenvalue weighted by atomic mass is 16.3. The van der Waals surface area contributed by atoms with E-state index >= 15 is 0 Å². The van der Waals surface area contributed by atoms with Gasteiger partial charge in [0.25, 0.3) is 0 Å². The summed E-state index contributed by atoms with van der Waals surface area (Å²) in [5, 5.41) is 16.6. The third-order valence-corrected chi connectivity index (χ3v) is 2.10. The van der Waals surface area contributed by atoms with Crippen molar-refractivity contribution >= 4 is 6.29 Å². The lowest BCUT2D eigenvalue weighted by atomic mass is 10.2. The normalized spacial score (nSPS) is 12.8. The first-order valence-electron chi connectivity index (χ1n) is 4.74. The zero-order valence-electron chi connectivity index (χ0n) is 8.47. The van der Waals surface area contributed by atoms with Crippen molar-refractivity contribution in [3.63, 3.8) is 0 Å². The van der Waals surface area contributed by atoms with Crippen molar-refractivity contribution in [2.24, 2.45) is 0 Å². The van der Waals surface area contributed by atoms with E-state index in [0.717, 1.165) is 18.5 Å². The highest BCUT2D eigenvalue weighted by molar-refractivity contribution is 5.73. The first-order chi connectivity index (χ1) is 6.74. The molecule has 0 amide bonds. The van der Waals surface area contributed by atoms with E-state index in [9.17, 15) is 4.79 Å². The summed E-state index contributed by atoms with van der Waals surface area (Å²) in [5.74, 6) is 0. The standard InChI is InChI=1S/C9H15N3O2/c1-3-4-9-8(6-14)10-11-12(9)7(2)5-13/h6-7,13H,3-5H2,1-2H3. The van der Waals surface area contributed by atoms with Crippen molar-refractivity contribution in [2.75, 3.05) is 6.61 Å². The Morgan fingerprint density at radius 2 is 2.36 bits per heavy atom. The Labute approximate surface area is 82.7 Å². The van der Waals surface area contributed by atoms with E-state index in [1.165, 1.54) is 0 Å². The van der Waals surface area contributed by atoms with Gasteiger partial charge in [0.15, 0.2) is 6.29 Å². The van der Waals surface area contributed by atoms with Gasteiger partial charge >= 0.3 is 0 Å². The van der Waals surface area contributed by atoms with Crippen molar-refractivity contribution < 1.29 is 9.90 Å². The number of nitrogens with zero attached hydrogens (tertiary/aromatic N) is 3. The molecule has 0 aliphatic heterocycles. The summed E-state index contributed by atoms with van der Waals surface area (Å²) in [6, 6.07) is -0.127. The van der Waals surface area contributed by atoms with Gasteiger partial charge in [-0.2, -0.15) is 0 Å². The average molecular weight is 197 g/mol. The van der Waals surface area contributed by atoms with Gasteiger partial charge in [-0.25, -0.2) is 4.68 Å². The predicted octanol–water partition coefficient (Wildman–Crippen LogP) is 0.596. The zero-order valence-corrected chi connectivity index (χ0v) is 8.47. The van der Waals surface area contributed by atoms with Gasteiger partial charge < -0.3 is 5.11 Å². The van der Waals surface area contributed by atoms with Crippen LogP contribution in [0.1, 0.15) is 42.5 Å². The Balaban J connectivity index is 3.03. The molecule has 0 spiro atoms. The van der Waals surface area contributed by atoms with Crippen molar-refractivity contribution in [2.45, 2.75) is 32.7 Å². The number of aromatic nitrogens is 3. The summed E-state index contributed by atoms with van der Waals surface area (Å²) in [7, 11) is 0. The van der Waals surface area contributed by atoms with E-state index in [2.05, 4.69) is 10.3 Å². The number of aliphatic hydroxyl groups is 1. The molecule has 1 atom stereocenters. The number of aldehydes is 1. The number of hydrogen-bond acceptors (Lipinski definition) is 4. The number of hydrogen-bond donors (Lipinski definition) is 1. The molecular formula is C9H15N3O2. The van der Waals surface area contributed by atoms with E-state index in [1.54, 1.807) is 4.68 Å². The van der Waals surface area contributed by atoms with Crippen LogP contribution in [0.2, 0.25) is 0 Å². The van der Waals surface area contributed by atoms with E-state index in [4.69, 9.17) is 5.11 Å². The molecule has 78 valence electrons. The van der Waals surface area contributed by atoms with Crippen LogP contribution >= 0.6 is 0 Å². The molecule has 0 radical (unpaired) electrons. The van der Waals surface area contributed by atoms with E-state index in [1.807, 2.05) is 13.8 Å². The molecule has 0 aromatic carbocycles. The van der Waals surface area contributed by atoms with Crippen molar-refractivity contribution in [3.05, 3.63) is 11.4 Å². The summed E-state index contributed by atoms with van der Waals surface area (Å²) >= 11 is 0. The largest absolute Gasteiger partial charge is 0.394 e. The first-order valence-corrected chi connectivity index (χ1v) is 4.74. The summed E-state index contributed by atoms with van der Waals surface area (Å²) in [6.07, 6.45) is 2.39. The molecule has 0 aliphatic rings. The lowest BCUT2D eigenvalue weighted by molar-refractivity contribution is 0.111. The SMILES string of the molecule is CCCc1c(C=O)nnn1C(C)CO. The first kappa shape index (κ1) is 10.8. The maximum atomic E-state index is 10.6. The summed E-state index contributed by atoms with van der Waals surface area (Å²) in [4.78, 5) is 10.6. The molecule has 1 unspecified atom stereocenters. The molecule has 0 fully saturated rings. The fraction of sp³-hybridized carbons (Fsp3) is 0.667. The second-order valence-electron chi connectivity index (χ2n) is 3.27. The fourth-order valence-corrected chi connectivity index (χ4v) is 1.33. The van der Waals surface area contributed by atoms with E-state index in [0.29, 0.717) is 12.0 Å². The molecule has 1 heterocycles. The number of carbonyl (C=O) groups is 1. The lowest BCUT2D eigenvalue weighted by Gasteiger charge is -2.11. The highest BCUT2D eigenvalue weighted by Gasteiger charge is 2.14. The topological polar surface area (TPSA) is 68.0 Å². The summed E-state index contributed by atoms with van der Waals surface area (Å²) < 4.78 is 1.62. The second kappa shape index (κ2) is 4.85. The zero-order chi connectivity index (χ0) is 10.6. The monoisotopic (exact) mass is 197 g/mol. The minimum absolute atomic E-state index is 0.00162. The molecule has 5 heteroatoms. The van der Waals surface area contributed by atoms with Crippen LogP contribution in [0.25, 0.3) is 0 Å². The Morgan fingerprint density at radius 1 is 1.64 bits per heavy atom. The molecule has 0 saturated heterocycles. The van der Waals surface area contributed by atoms with E-state index < -0.39 is 0 Å². The molecule has 0 bridgehead atoms. The van der Waals surface area contributed by atoms with Gasteiger partial charge in [0.05, 0.1) is 18.3 Å². The Hall–Kier alpha value is -1.23.